The molecule has 1 aromatic heterocycles. The molecule has 1 aromatic carbocycles. The summed E-state index contributed by atoms with van der Waals surface area (Å²) in [5, 5.41) is 4.46. The van der Waals surface area contributed by atoms with Gasteiger partial charge in [-0.3, -0.25) is 4.79 Å². The number of rotatable bonds is 19. The van der Waals surface area contributed by atoms with Crippen LogP contribution >= 0.6 is 11.8 Å². The summed E-state index contributed by atoms with van der Waals surface area (Å²) < 4.78 is 19.0. The van der Waals surface area contributed by atoms with Gasteiger partial charge in [-0.15, -0.1) is 11.8 Å². The van der Waals surface area contributed by atoms with E-state index in [1.807, 2.05) is 40.6 Å². The van der Waals surface area contributed by atoms with Crippen molar-refractivity contribution < 1.29 is 14.2 Å². The van der Waals surface area contributed by atoms with E-state index in [-0.39, 0.29) is 5.56 Å². The molecule has 0 aliphatic rings. The number of benzene rings is 1. The van der Waals surface area contributed by atoms with E-state index in [0.717, 1.165) is 66.9 Å². The van der Waals surface area contributed by atoms with E-state index >= 15 is 0 Å². The normalized spacial score (nSPS) is 12.5. The summed E-state index contributed by atoms with van der Waals surface area (Å²) in [5.74, 6) is 4.06. The Bertz CT molecular complexity index is 871. The number of hydrogen-bond donors (Lipinski definition) is 1. The minimum atomic E-state index is -0.0189. The molecular weight excluding hydrogens is 448 g/mol. The van der Waals surface area contributed by atoms with Crippen molar-refractivity contribution in [1.29, 1.82) is 0 Å². The Kier molecular flexibility index (Phi) is 14.3. The fourth-order valence-corrected chi connectivity index (χ4v) is 4.60. The second-order valence-corrected chi connectivity index (χ2v) is 10.3. The molecule has 1 unspecified atom stereocenters. The van der Waals surface area contributed by atoms with Gasteiger partial charge in [0.1, 0.15) is 12.4 Å². The Morgan fingerprint density at radius 2 is 1.76 bits per heavy atom. The van der Waals surface area contributed by atoms with Gasteiger partial charge in [-0.25, -0.2) is 0 Å². The zero-order valence-electron chi connectivity index (χ0n) is 21.5. The smallest absolute Gasteiger partial charge is 0.254 e. The molecule has 0 aliphatic heterocycles. The summed E-state index contributed by atoms with van der Waals surface area (Å²) in [6.07, 6.45) is 3.30. The lowest BCUT2D eigenvalue weighted by Crippen LogP contribution is -2.22. The van der Waals surface area contributed by atoms with E-state index in [9.17, 15) is 4.79 Å². The van der Waals surface area contributed by atoms with Gasteiger partial charge in [-0.05, 0) is 43.4 Å². The molecule has 1 N–H and O–H groups in total. The second-order valence-electron chi connectivity index (χ2n) is 9.18. The Balaban J connectivity index is 1.55. The number of aromatic nitrogens is 1. The molecule has 192 valence electrons. The molecule has 0 spiro atoms. The zero-order chi connectivity index (χ0) is 24.6. The summed E-state index contributed by atoms with van der Waals surface area (Å²) in [7, 11) is 0. The Hall–Kier alpha value is -1.54. The van der Waals surface area contributed by atoms with Crippen molar-refractivity contribution in [3.8, 4) is 5.75 Å². The molecule has 0 bridgehead atoms. The first kappa shape index (κ1) is 28.7. The van der Waals surface area contributed by atoms with Gasteiger partial charge < -0.3 is 24.1 Å². The third-order valence-corrected chi connectivity index (χ3v) is 6.38. The van der Waals surface area contributed by atoms with Crippen LogP contribution in [0.15, 0.2) is 35.1 Å². The van der Waals surface area contributed by atoms with Crippen LogP contribution in [0.2, 0.25) is 0 Å². The molecule has 6 nitrogen and oxygen atoms in total. The summed E-state index contributed by atoms with van der Waals surface area (Å²) in [5.41, 5.74) is 0.903. The van der Waals surface area contributed by atoms with Crippen LogP contribution < -0.4 is 15.6 Å². The van der Waals surface area contributed by atoms with Crippen LogP contribution in [0.25, 0.3) is 10.9 Å². The molecule has 0 aliphatic carbocycles. The molecule has 34 heavy (non-hydrogen) atoms. The molecule has 2 rings (SSSR count). The minimum Gasteiger partial charge on any atom is -0.490 e. The van der Waals surface area contributed by atoms with Crippen molar-refractivity contribution in [3.63, 3.8) is 0 Å². The number of unbranched alkanes of at least 4 members (excludes halogenated alkanes) is 1. The van der Waals surface area contributed by atoms with Crippen molar-refractivity contribution >= 4 is 22.7 Å². The van der Waals surface area contributed by atoms with Crippen LogP contribution in [-0.2, 0) is 16.0 Å². The molecule has 0 saturated carbocycles. The van der Waals surface area contributed by atoms with Crippen LogP contribution in [0.4, 0.5) is 0 Å². The number of thioether (sulfide) groups is 1. The highest BCUT2D eigenvalue weighted by molar-refractivity contribution is 7.99. The molecule has 2 aromatic rings. The van der Waals surface area contributed by atoms with Crippen LogP contribution in [-0.4, -0.2) is 55.8 Å². The van der Waals surface area contributed by atoms with E-state index in [0.29, 0.717) is 32.2 Å². The van der Waals surface area contributed by atoms with E-state index in [2.05, 4.69) is 33.0 Å². The number of ether oxygens (including phenoxy) is 3. The van der Waals surface area contributed by atoms with Crippen LogP contribution in [0.3, 0.4) is 0 Å². The first-order valence-corrected chi connectivity index (χ1v) is 13.9. The predicted octanol–water partition coefficient (Wildman–Crippen LogP) is 5.18. The zero-order valence-corrected chi connectivity index (χ0v) is 22.3. The summed E-state index contributed by atoms with van der Waals surface area (Å²) in [4.78, 5) is 12.6. The van der Waals surface area contributed by atoms with Gasteiger partial charge in [0.25, 0.3) is 5.56 Å². The minimum absolute atomic E-state index is 0.0189. The maximum absolute atomic E-state index is 12.6. The van der Waals surface area contributed by atoms with E-state index in [4.69, 9.17) is 14.2 Å². The maximum atomic E-state index is 12.6. The molecule has 1 atom stereocenters. The van der Waals surface area contributed by atoms with Crippen molar-refractivity contribution in [2.45, 2.75) is 53.5 Å². The van der Waals surface area contributed by atoms with Crippen LogP contribution in [0.1, 0.15) is 47.0 Å². The first-order chi connectivity index (χ1) is 16.5. The third-order valence-electron chi connectivity index (χ3n) is 5.52. The lowest BCUT2D eigenvalue weighted by Gasteiger charge is -2.14. The Labute approximate surface area is 209 Å². The molecule has 0 fully saturated rings. The van der Waals surface area contributed by atoms with Crippen molar-refractivity contribution in [1.82, 2.24) is 9.88 Å². The van der Waals surface area contributed by atoms with E-state index < -0.39 is 0 Å². The van der Waals surface area contributed by atoms with Crippen molar-refractivity contribution in [2.24, 2.45) is 11.8 Å². The molecular formula is C27H44N2O4S. The van der Waals surface area contributed by atoms with E-state index in [1.165, 1.54) is 6.42 Å². The number of aryl methyl sites for hydroxylation is 1. The fourth-order valence-electron chi connectivity index (χ4n) is 3.96. The van der Waals surface area contributed by atoms with Gasteiger partial charge >= 0.3 is 0 Å². The van der Waals surface area contributed by atoms with Gasteiger partial charge in [0, 0.05) is 29.6 Å². The number of hydrogen-bond acceptors (Lipinski definition) is 6. The monoisotopic (exact) mass is 492 g/mol. The van der Waals surface area contributed by atoms with Crippen LogP contribution in [0, 0.1) is 11.8 Å². The molecule has 7 heteroatoms. The fraction of sp³-hybridized carbons (Fsp3) is 0.667. The SMILES string of the molecule is CCCCn1c(=O)cc(OCCOCCOCCSCNCC(C)CC(C)C)c2ccccc21. The summed E-state index contributed by atoms with van der Waals surface area (Å²) >= 11 is 1.87. The molecule has 0 amide bonds. The lowest BCUT2D eigenvalue weighted by molar-refractivity contribution is 0.0414. The number of nitrogens with zero attached hydrogens (tertiary/aromatic N) is 1. The number of pyridine rings is 1. The summed E-state index contributed by atoms with van der Waals surface area (Å²) in [6, 6.07) is 9.51. The first-order valence-electron chi connectivity index (χ1n) is 12.7. The largest absolute Gasteiger partial charge is 0.490 e. The van der Waals surface area contributed by atoms with Gasteiger partial charge in [0.05, 0.1) is 31.9 Å². The number of fused-ring (bicyclic) bond motifs is 1. The average molecular weight is 493 g/mol. The van der Waals surface area contributed by atoms with E-state index in [1.54, 1.807) is 6.07 Å². The quantitative estimate of drug-likeness (QED) is 0.215. The lowest BCUT2D eigenvalue weighted by atomic mass is 9.99. The van der Waals surface area contributed by atoms with Gasteiger partial charge in [-0.1, -0.05) is 46.2 Å². The highest BCUT2D eigenvalue weighted by Gasteiger charge is 2.09. The second kappa shape index (κ2) is 17.0. The predicted molar refractivity (Wildman–Crippen MR) is 144 cm³/mol. The van der Waals surface area contributed by atoms with Gasteiger partial charge in [0.2, 0.25) is 0 Å². The Morgan fingerprint density at radius 3 is 2.53 bits per heavy atom. The third kappa shape index (κ3) is 10.8. The molecule has 0 radical (unpaired) electrons. The van der Waals surface area contributed by atoms with Crippen LogP contribution in [0.5, 0.6) is 5.75 Å². The topological polar surface area (TPSA) is 61.7 Å². The highest BCUT2D eigenvalue weighted by atomic mass is 32.2. The standard InChI is InChI=1S/C27H44N2O4S/c1-5-6-11-29-25-10-8-7-9-24(25)26(19-27(29)30)33-15-14-31-12-13-32-16-17-34-21-28-20-23(4)18-22(2)3/h7-10,19,22-23,28H,5-6,11-18,20-21H2,1-4H3. The Morgan fingerprint density at radius 1 is 1.03 bits per heavy atom. The van der Waals surface area contributed by atoms with Gasteiger partial charge in [0.15, 0.2) is 0 Å². The maximum Gasteiger partial charge on any atom is 0.254 e. The summed E-state index contributed by atoms with van der Waals surface area (Å²) in [6.45, 7) is 13.5. The van der Waals surface area contributed by atoms with Crippen molar-refractivity contribution in [2.75, 3.05) is 51.2 Å². The highest BCUT2D eigenvalue weighted by Crippen LogP contribution is 2.23. The van der Waals surface area contributed by atoms with Gasteiger partial charge in [-0.2, -0.15) is 0 Å². The van der Waals surface area contributed by atoms with Crippen molar-refractivity contribution in [3.05, 3.63) is 40.7 Å². The molecule has 1 heterocycles. The number of nitrogens with one attached hydrogen (secondary N) is 1. The number of para-hydroxylation sites is 1. The average Bonchev–Trinajstić information content (AvgIpc) is 2.81. The molecule has 0 saturated heterocycles.